The molecule has 0 saturated heterocycles. The van der Waals surface area contributed by atoms with Crippen LogP contribution in [0, 0.1) is 0 Å². The summed E-state index contributed by atoms with van der Waals surface area (Å²) in [5.74, 6) is 0.216. The predicted molar refractivity (Wildman–Crippen MR) is 148 cm³/mol. The van der Waals surface area contributed by atoms with Gasteiger partial charge < -0.3 is 25.7 Å². The van der Waals surface area contributed by atoms with Crippen molar-refractivity contribution in [3.8, 4) is 5.75 Å². The number of nitrogens with zero attached hydrogens (tertiary/aromatic N) is 3. The molecule has 1 aliphatic rings. The second-order valence-electron chi connectivity index (χ2n) is 9.05. The summed E-state index contributed by atoms with van der Waals surface area (Å²) in [5.41, 5.74) is 8.23. The number of rotatable bonds is 11. The number of thiophene rings is 1. The average Bonchev–Trinajstić information content (AvgIpc) is 3.45. The maximum absolute atomic E-state index is 12.7. The Bertz CT molecular complexity index is 1320. The molecule has 12 heteroatoms. The molecule has 0 aliphatic heterocycles. The number of anilines is 1. The van der Waals surface area contributed by atoms with Crippen LogP contribution in [0.1, 0.15) is 58.9 Å². The number of amides is 3. The maximum Gasteiger partial charge on any atom is 0.261 e. The number of nitrogens with two attached hydrogens (primary N) is 1. The Kier molecular flexibility index (Phi) is 9.05. The number of ether oxygens (including phenoxy) is 1. The topological polar surface area (TPSA) is 141 Å². The fourth-order valence-corrected chi connectivity index (χ4v) is 6.24. The summed E-state index contributed by atoms with van der Waals surface area (Å²) in [6.45, 7) is 3.93. The average molecular weight is 557 g/mol. The maximum atomic E-state index is 12.7. The van der Waals surface area contributed by atoms with Crippen LogP contribution in [0.5, 0.6) is 5.75 Å². The van der Waals surface area contributed by atoms with Gasteiger partial charge in [-0.05, 0) is 62.3 Å². The lowest BCUT2D eigenvalue weighted by Crippen LogP contribution is -2.36. The third-order valence-electron chi connectivity index (χ3n) is 6.36. The highest BCUT2D eigenvalue weighted by molar-refractivity contribution is 7.99. The lowest BCUT2D eigenvalue weighted by molar-refractivity contribution is -0.127. The van der Waals surface area contributed by atoms with E-state index in [-0.39, 0.29) is 24.1 Å². The van der Waals surface area contributed by atoms with Gasteiger partial charge in [-0.25, -0.2) is 0 Å². The lowest BCUT2D eigenvalue weighted by atomic mass is 9.95. The van der Waals surface area contributed by atoms with Gasteiger partial charge in [0.1, 0.15) is 10.8 Å². The van der Waals surface area contributed by atoms with Gasteiger partial charge in [-0.3, -0.25) is 14.4 Å². The molecule has 2 heterocycles. The third kappa shape index (κ3) is 6.54. The van der Waals surface area contributed by atoms with Gasteiger partial charge >= 0.3 is 0 Å². The molecule has 4 rings (SSSR count). The number of carbonyl (C=O) groups is 3. The summed E-state index contributed by atoms with van der Waals surface area (Å²) >= 11 is 2.65. The molecular formula is C26H32N6O4S2. The zero-order valence-electron chi connectivity index (χ0n) is 21.7. The minimum atomic E-state index is -0.679. The summed E-state index contributed by atoms with van der Waals surface area (Å²) in [6, 6.07) is 7.66. The zero-order chi connectivity index (χ0) is 27.2. The highest BCUT2D eigenvalue weighted by Gasteiger charge is 2.25. The number of fused-ring (bicyclic) bond motifs is 1. The van der Waals surface area contributed by atoms with E-state index < -0.39 is 12.0 Å². The molecule has 202 valence electrons. The molecule has 0 fully saturated rings. The fourth-order valence-electron chi connectivity index (χ4n) is 4.20. The minimum Gasteiger partial charge on any atom is -0.481 e. The van der Waals surface area contributed by atoms with Crippen LogP contribution in [0.4, 0.5) is 5.00 Å². The van der Waals surface area contributed by atoms with Crippen molar-refractivity contribution in [2.45, 2.75) is 63.8 Å². The van der Waals surface area contributed by atoms with Crippen LogP contribution >= 0.6 is 23.1 Å². The van der Waals surface area contributed by atoms with E-state index in [0.29, 0.717) is 27.3 Å². The van der Waals surface area contributed by atoms with Crippen molar-refractivity contribution in [1.29, 1.82) is 0 Å². The number of nitrogens with one attached hydrogen (secondary N) is 2. The summed E-state index contributed by atoms with van der Waals surface area (Å²) in [6.07, 6.45) is 4.06. The summed E-state index contributed by atoms with van der Waals surface area (Å²) < 4.78 is 7.46. The van der Waals surface area contributed by atoms with Crippen molar-refractivity contribution < 1.29 is 19.1 Å². The Balaban J connectivity index is 1.28. The van der Waals surface area contributed by atoms with Crippen LogP contribution in [0.25, 0.3) is 0 Å². The third-order valence-corrected chi connectivity index (χ3v) is 8.59. The molecule has 3 aromatic rings. The van der Waals surface area contributed by atoms with E-state index in [4.69, 9.17) is 10.5 Å². The number of aromatic nitrogens is 3. The molecule has 1 aliphatic carbocycles. The number of thioether (sulfide) groups is 1. The normalized spacial score (nSPS) is 13.4. The first kappa shape index (κ1) is 27.6. The van der Waals surface area contributed by atoms with E-state index in [9.17, 15) is 14.4 Å². The second-order valence-corrected chi connectivity index (χ2v) is 11.1. The van der Waals surface area contributed by atoms with Gasteiger partial charge in [0.25, 0.3) is 11.8 Å². The van der Waals surface area contributed by atoms with Crippen molar-refractivity contribution in [2.24, 2.45) is 12.8 Å². The molecule has 1 atom stereocenters. The summed E-state index contributed by atoms with van der Waals surface area (Å²) in [7, 11) is 1.77. The number of hydrogen-bond acceptors (Lipinski definition) is 8. The molecular weight excluding hydrogens is 524 g/mol. The van der Waals surface area contributed by atoms with E-state index in [1.807, 2.05) is 24.3 Å². The fraction of sp³-hybridized carbons (Fsp3) is 0.423. The van der Waals surface area contributed by atoms with Gasteiger partial charge in [-0.1, -0.05) is 30.8 Å². The van der Waals surface area contributed by atoms with Crippen molar-refractivity contribution in [3.05, 3.63) is 51.7 Å². The first-order chi connectivity index (χ1) is 18.3. The number of primary amides is 1. The Hall–Kier alpha value is -3.38. The second kappa shape index (κ2) is 12.4. The van der Waals surface area contributed by atoms with Crippen molar-refractivity contribution >= 4 is 45.8 Å². The Morgan fingerprint density at radius 2 is 1.92 bits per heavy atom. The largest absolute Gasteiger partial charge is 0.481 e. The molecule has 10 nitrogen and oxygen atoms in total. The van der Waals surface area contributed by atoms with Crippen LogP contribution in [-0.4, -0.2) is 44.3 Å². The highest BCUT2D eigenvalue weighted by Crippen LogP contribution is 2.38. The Morgan fingerprint density at radius 3 is 2.63 bits per heavy atom. The molecule has 0 saturated carbocycles. The van der Waals surface area contributed by atoms with E-state index in [1.165, 1.54) is 28.7 Å². The summed E-state index contributed by atoms with van der Waals surface area (Å²) in [4.78, 5) is 38.3. The van der Waals surface area contributed by atoms with Gasteiger partial charge in [0, 0.05) is 11.9 Å². The van der Waals surface area contributed by atoms with Gasteiger partial charge in [0.05, 0.1) is 17.9 Å². The summed E-state index contributed by atoms with van der Waals surface area (Å²) in [5, 5.41) is 15.0. The zero-order valence-corrected chi connectivity index (χ0v) is 23.3. The van der Waals surface area contributed by atoms with E-state index in [0.717, 1.165) is 42.5 Å². The molecule has 3 amide bonds. The van der Waals surface area contributed by atoms with Crippen molar-refractivity contribution in [3.63, 3.8) is 0 Å². The van der Waals surface area contributed by atoms with E-state index in [1.54, 1.807) is 18.5 Å². The molecule has 0 bridgehead atoms. The van der Waals surface area contributed by atoms with Crippen molar-refractivity contribution in [2.75, 3.05) is 11.1 Å². The number of aryl methyl sites for hydroxylation is 2. The first-order valence-electron chi connectivity index (χ1n) is 12.5. The lowest BCUT2D eigenvalue weighted by Gasteiger charge is -2.15. The number of benzene rings is 1. The predicted octanol–water partition coefficient (Wildman–Crippen LogP) is 3.23. The Labute approximate surface area is 229 Å². The van der Waals surface area contributed by atoms with Gasteiger partial charge in [-0.2, -0.15) is 0 Å². The molecule has 0 unspecified atom stereocenters. The molecule has 1 aromatic carbocycles. The van der Waals surface area contributed by atoms with Crippen LogP contribution in [-0.2, 0) is 42.4 Å². The Morgan fingerprint density at radius 1 is 1.18 bits per heavy atom. The standard InChI is InChI=1S/C26H32N6O4S2/c1-4-16-9-11-17(12-10-16)36-15(2)24(35)28-13-20-30-31-26(32(20)3)37-14-21(33)29-25-22(23(27)34)18-7-5-6-8-19(18)38-25/h9-12,15H,4-8,13-14H2,1-3H3,(H2,27,34)(H,28,35)(H,29,33)/t15-/m0/s1. The SMILES string of the molecule is CCc1ccc(O[C@@H](C)C(=O)NCc2nnc(SCC(=O)Nc3sc4c(c3C(N)=O)CCCC4)n2C)cc1. The monoisotopic (exact) mass is 556 g/mol. The van der Waals surface area contributed by atoms with Crippen LogP contribution in [0.3, 0.4) is 0 Å². The van der Waals surface area contributed by atoms with Crippen molar-refractivity contribution in [1.82, 2.24) is 20.1 Å². The molecule has 0 spiro atoms. The van der Waals surface area contributed by atoms with Crippen LogP contribution < -0.4 is 21.1 Å². The molecule has 38 heavy (non-hydrogen) atoms. The molecule has 2 aromatic heterocycles. The highest BCUT2D eigenvalue weighted by atomic mass is 32.2. The van der Waals surface area contributed by atoms with Crippen LogP contribution in [0.15, 0.2) is 29.4 Å². The molecule has 4 N–H and O–H groups in total. The van der Waals surface area contributed by atoms with Gasteiger partial charge in [-0.15, -0.1) is 21.5 Å². The van der Waals surface area contributed by atoms with E-state index in [2.05, 4.69) is 27.8 Å². The van der Waals surface area contributed by atoms with Crippen LogP contribution in [0.2, 0.25) is 0 Å². The number of hydrogen-bond donors (Lipinski definition) is 3. The quantitative estimate of drug-likeness (QED) is 0.308. The van der Waals surface area contributed by atoms with E-state index >= 15 is 0 Å². The van der Waals surface area contributed by atoms with Gasteiger partial charge in [0.2, 0.25) is 5.91 Å². The smallest absolute Gasteiger partial charge is 0.261 e. The van der Waals surface area contributed by atoms with Gasteiger partial charge in [0.15, 0.2) is 17.1 Å². The minimum absolute atomic E-state index is 0.0841. The number of carbonyl (C=O) groups excluding carboxylic acids is 3. The first-order valence-corrected chi connectivity index (χ1v) is 14.4. The molecule has 0 radical (unpaired) electrons.